The Hall–Kier alpha value is -8.87. The van der Waals surface area contributed by atoms with Gasteiger partial charge in [0.1, 0.15) is 11.5 Å². The van der Waals surface area contributed by atoms with Gasteiger partial charge in [0.25, 0.3) is 13.4 Å². The third kappa shape index (κ3) is 7.63. The van der Waals surface area contributed by atoms with E-state index in [9.17, 15) is 0 Å². The molecule has 8 heteroatoms. The van der Waals surface area contributed by atoms with E-state index in [0.717, 1.165) is 39.9 Å². The molecule has 0 amide bonds. The molecule has 4 aliphatic heterocycles. The quantitative estimate of drug-likeness (QED) is 0.134. The van der Waals surface area contributed by atoms with Gasteiger partial charge in [-0.1, -0.05) is 172 Å². The molecule has 0 atom stereocenters. The first-order valence-corrected chi connectivity index (χ1v) is 29.4. The summed E-state index contributed by atoms with van der Waals surface area (Å²) in [5.74, 6) is 1.59. The average Bonchev–Trinajstić information content (AvgIpc) is 2.61. The average molecular weight is 1030 g/mol. The number of benzene rings is 10. The summed E-state index contributed by atoms with van der Waals surface area (Å²) in [7, 11) is 0. The summed E-state index contributed by atoms with van der Waals surface area (Å²) < 4.78 is 6.96. The van der Waals surface area contributed by atoms with Gasteiger partial charge >= 0.3 is 0 Å². The summed E-state index contributed by atoms with van der Waals surface area (Å²) in [6.07, 6.45) is 12.8. The first kappa shape index (κ1) is 47.2. The van der Waals surface area contributed by atoms with Crippen molar-refractivity contribution in [3.8, 4) is 11.5 Å². The summed E-state index contributed by atoms with van der Waals surface area (Å²) >= 11 is 0. The molecule has 0 radical (unpaired) electrons. The molecule has 10 aromatic rings. The second-order valence-electron chi connectivity index (χ2n) is 22.8. The van der Waals surface area contributed by atoms with Gasteiger partial charge in [-0.3, -0.25) is 0 Å². The van der Waals surface area contributed by atoms with Crippen molar-refractivity contribution in [2.45, 2.75) is 76.3 Å². The first-order chi connectivity index (χ1) is 39.7. The number of ether oxygens (including phenoxy) is 1. The standard InChI is InChI=1S/C72H61B2N5O/c1-8-26-50(27-9-1)75(51-28-10-2-11-29-51)56-44-67-71-68(45-56)78(54-34-16-5-17-35-54)65-49-66-62(48-61(65)73(71)59-40-22-24-42-63(59)76(67)52-30-12-3-13-31-52)74-60-41-23-25-43-64(60)77(53-32-14-4-15-33-53)69-46-58(80-57-38-20-7-21-39-57)47-70(72(69)74)79(66)55-36-18-6-19-37-55/h3-7,12-25,30-51H,1-2,8-11,26-29H2. The van der Waals surface area contributed by atoms with E-state index >= 15 is 0 Å². The van der Waals surface area contributed by atoms with Crippen molar-refractivity contribution in [3.63, 3.8) is 0 Å². The molecule has 2 aliphatic carbocycles. The fourth-order valence-corrected chi connectivity index (χ4v) is 15.0. The third-order valence-electron chi connectivity index (χ3n) is 18.3. The van der Waals surface area contributed by atoms with Gasteiger partial charge in [0.15, 0.2) is 0 Å². The van der Waals surface area contributed by atoms with Crippen LogP contribution in [0.4, 0.5) is 73.9 Å². The SMILES string of the molecule is c1ccc(Oc2cc3c4c(c2)N(c2ccccc2)c2cc5c(cc2B4c2ccccc2N3c2ccccc2)B2c3ccccc3N(c3ccccc3)c3cc(N(C4CCCCC4)C4CCCCC4)cc(c32)N5c2ccccc2)cc1. The molecule has 0 unspecified atom stereocenters. The normalized spacial score (nSPS) is 16.0. The Balaban J connectivity index is 1.00. The maximum atomic E-state index is 6.96. The van der Waals surface area contributed by atoms with Gasteiger partial charge in [-0.2, -0.15) is 0 Å². The highest BCUT2D eigenvalue weighted by Gasteiger charge is 2.49. The lowest BCUT2D eigenvalue weighted by Crippen LogP contribution is -2.65. The predicted molar refractivity (Wildman–Crippen MR) is 337 cm³/mol. The van der Waals surface area contributed by atoms with E-state index in [4.69, 9.17) is 4.74 Å². The monoisotopic (exact) mass is 1030 g/mol. The highest BCUT2D eigenvalue weighted by Crippen LogP contribution is 2.51. The van der Waals surface area contributed by atoms with Crippen molar-refractivity contribution in [3.05, 3.63) is 237 Å². The Labute approximate surface area is 471 Å². The Bertz CT molecular complexity index is 3930. The Morgan fingerprint density at radius 3 is 1.06 bits per heavy atom. The zero-order chi connectivity index (χ0) is 52.7. The highest BCUT2D eigenvalue weighted by atomic mass is 16.5. The van der Waals surface area contributed by atoms with Crippen molar-refractivity contribution < 1.29 is 4.74 Å². The zero-order valence-electron chi connectivity index (χ0n) is 45.0. The van der Waals surface area contributed by atoms with E-state index in [1.165, 1.54) is 142 Å². The minimum absolute atomic E-state index is 0.0596. The number of fused-ring (bicyclic) bond motifs is 8. The number of rotatable bonds is 9. The van der Waals surface area contributed by atoms with E-state index in [-0.39, 0.29) is 13.4 Å². The smallest absolute Gasteiger partial charge is 0.252 e. The van der Waals surface area contributed by atoms with Crippen LogP contribution in [0.1, 0.15) is 64.2 Å². The molecule has 0 aromatic heterocycles. The molecular formula is C72H61B2N5O. The number of hydrogen-bond acceptors (Lipinski definition) is 6. The van der Waals surface area contributed by atoms with Crippen LogP contribution in [0.3, 0.4) is 0 Å². The topological polar surface area (TPSA) is 25.4 Å². The molecule has 80 heavy (non-hydrogen) atoms. The molecule has 4 heterocycles. The first-order valence-electron chi connectivity index (χ1n) is 29.4. The molecule has 0 spiro atoms. The maximum Gasteiger partial charge on any atom is 0.252 e. The Morgan fingerprint density at radius 2 is 0.650 bits per heavy atom. The summed E-state index contributed by atoms with van der Waals surface area (Å²) in [5, 5.41) is 0. The van der Waals surface area contributed by atoms with E-state index in [1.54, 1.807) is 0 Å². The van der Waals surface area contributed by atoms with Gasteiger partial charge in [0.05, 0.1) is 0 Å². The van der Waals surface area contributed by atoms with Gasteiger partial charge in [0.2, 0.25) is 0 Å². The minimum atomic E-state index is -0.102. The van der Waals surface area contributed by atoms with Crippen LogP contribution in [0.25, 0.3) is 0 Å². The summed E-state index contributed by atoms with van der Waals surface area (Å²) in [4.78, 5) is 13.2. The largest absolute Gasteiger partial charge is 0.457 e. The van der Waals surface area contributed by atoms with Crippen LogP contribution in [0.2, 0.25) is 0 Å². The van der Waals surface area contributed by atoms with Crippen LogP contribution >= 0.6 is 0 Å². The van der Waals surface area contributed by atoms with Gasteiger partial charge < -0.3 is 29.2 Å². The van der Waals surface area contributed by atoms with E-state index in [2.05, 4.69) is 231 Å². The van der Waals surface area contributed by atoms with Crippen LogP contribution in [-0.4, -0.2) is 25.5 Å². The lowest BCUT2D eigenvalue weighted by molar-refractivity contribution is 0.340. The molecule has 2 fully saturated rings. The van der Waals surface area contributed by atoms with Gasteiger partial charge in [-0.15, -0.1) is 0 Å². The molecule has 6 nitrogen and oxygen atoms in total. The number of hydrogen-bond donors (Lipinski definition) is 0. The van der Waals surface area contributed by atoms with E-state index < -0.39 is 0 Å². The summed E-state index contributed by atoms with van der Waals surface area (Å²) in [6, 6.07) is 89.1. The van der Waals surface area contributed by atoms with Crippen molar-refractivity contribution in [2.24, 2.45) is 0 Å². The predicted octanol–water partition coefficient (Wildman–Crippen LogP) is 15.1. The number of para-hydroxylation sites is 7. The minimum Gasteiger partial charge on any atom is -0.457 e. The summed E-state index contributed by atoms with van der Waals surface area (Å²) in [6.45, 7) is -0.162. The second kappa shape index (κ2) is 19.5. The lowest BCUT2D eigenvalue weighted by atomic mass is 9.30. The van der Waals surface area contributed by atoms with Crippen LogP contribution < -0.4 is 62.0 Å². The fourth-order valence-electron chi connectivity index (χ4n) is 15.0. The van der Waals surface area contributed by atoms with Crippen LogP contribution in [-0.2, 0) is 0 Å². The van der Waals surface area contributed by atoms with Crippen LogP contribution in [0.15, 0.2) is 237 Å². The molecule has 0 N–H and O–H groups in total. The number of anilines is 13. The van der Waals surface area contributed by atoms with Crippen molar-refractivity contribution in [2.75, 3.05) is 24.5 Å². The van der Waals surface area contributed by atoms with Gasteiger partial charge in [-0.05, 0) is 149 Å². The van der Waals surface area contributed by atoms with E-state index in [1.807, 2.05) is 30.3 Å². The molecule has 2 saturated carbocycles. The zero-order valence-corrected chi connectivity index (χ0v) is 45.0. The maximum absolute atomic E-state index is 6.96. The third-order valence-corrected chi connectivity index (χ3v) is 18.3. The highest BCUT2D eigenvalue weighted by molar-refractivity contribution is 7.03. The Morgan fingerprint density at radius 1 is 0.300 bits per heavy atom. The summed E-state index contributed by atoms with van der Waals surface area (Å²) in [5.41, 5.74) is 23.3. The molecular weight excluding hydrogens is 972 g/mol. The molecule has 10 aromatic carbocycles. The van der Waals surface area contributed by atoms with Gasteiger partial charge in [-0.25, -0.2) is 0 Å². The van der Waals surface area contributed by atoms with Gasteiger partial charge in [0, 0.05) is 98.2 Å². The van der Waals surface area contributed by atoms with Crippen molar-refractivity contribution in [1.82, 2.24) is 0 Å². The molecule has 16 rings (SSSR count). The van der Waals surface area contributed by atoms with Crippen molar-refractivity contribution in [1.29, 1.82) is 0 Å². The van der Waals surface area contributed by atoms with Crippen LogP contribution in [0, 0.1) is 0 Å². The molecule has 386 valence electrons. The molecule has 6 aliphatic rings. The van der Waals surface area contributed by atoms with Crippen LogP contribution in [0.5, 0.6) is 11.5 Å². The second-order valence-corrected chi connectivity index (χ2v) is 22.8. The molecule has 0 saturated heterocycles. The molecule has 0 bridgehead atoms. The van der Waals surface area contributed by atoms with E-state index in [0.29, 0.717) is 12.1 Å². The Kier molecular flexibility index (Phi) is 11.5. The lowest BCUT2D eigenvalue weighted by Gasteiger charge is -2.48. The van der Waals surface area contributed by atoms with Crippen molar-refractivity contribution >= 4 is 120 Å². The number of nitrogens with zero attached hydrogens (tertiary/aromatic N) is 5. The fraction of sp³-hybridized carbons (Fsp3) is 0.167.